The molecule has 6 rings (SSSR count). The molecule has 4 heterocycles. The van der Waals surface area contributed by atoms with Gasteiger partial charge in [0.2, 0.25) is 0 Å². The minimum absolute atomic E-state index is 0.0699. The number of nitrogens with zero attached hydrogens (tertiary/aromatic N) is 4. The zero-order valence-corrected chi connectivity index (χ0v) is 31.7. The van der Waals surface area contributed by atoms with E-state index < -0.39 is 59.0 Å². The molecule has 0 radical (unpaired) electrons. The number of hydrogen-bond donors (Lipinski definition) is 4. The van der Waals surface area contributed by atoms with Crippen LogP contribution >= 0.6 is 0 Å². The monoisotopic (exact) mass is 810 g/mol. The Morgan fingerprint density at radius 2 is 1.22 bits per heavy atom. The van der Waals surface area contributed by atoms with E-state index in [-0.39, 0.29) is 17.5 Å². The Morgan fingerprint density at radius 1 is 0.695 bits per heavy atom. The molecular formula is C42H37F3N6O8. The molecule has 4 aromatic heterocycles. The molecule has 0 bridgehead atoms. The lowest BCUT2D eigenvalue weighted by molar-refractivity contribution is -0.140. The summed E-state index contributed by atoms with van der Waals surface area (Å²) in [4.78, 5) is 78.9. The summed E-state index contributed by atoms with van der Waals surface area (Å²) in [5.41, 5.74) is 0.200. The molecule has 2 aromatic carbocycles. The van der Waals surface area contributed by atoms with E-state index in [9.17, 15) is 41.9 Å². The third kappa shape index (κ3) is 11.9. The van der Waals surface area contributed by atoms with Crippen LogP contribution in [0.25, 0.3) is 22.3 Å². The minimum atomic E-state index is -4.93. The molecule has 0 spiro atoms. The molecule has 0 aliphatic rings. The maximum atomic E-state index is 13.3. The van der Waals surface area contributed by atoms with Crippen LogP contribution in [0.15, 0.2) is 138 Å². The molecule has 0 saturated heterocycles. The van der Waals surface area contributed by atoms with Crippen molar-refractivity contribution in [1.29, 1.82) is 0 Å². The molecule has 0 aliphatic heterocycles. The second-order valence-electron chi connectivity index (χ2n) is 12.2. The Morgan fingerprint density at radius 3 is 1.69 bits per heavy atom. The third-order valence-electron chi connectivity index (χ3n) is 8.20. The van der Waals surface area contributed by atoms with Crippen LogP contribution in [0.1, 0.15) is 53.1 Å². The Balaban J connectivity index is 0.000000251. The summed E-state index contributed by atoms with van der Waals surface area (Å²) in [5, 5.41) is 22.7. The molecule has 14 nitrogen and oxygen atoms in total. The number of carbonyl (C=O) groups is 4. The van der Waals surface area contributed by atoms with E-state index in [4.69, 9.17) is 10.2 Å². The van der Waals surface area contributed by atoms with Gasteiger partial charge < -0.3 is 25.4 Å². The molecule has 59 heavy (non-hydrogen) atoms. The number of rotatable bonds is 10. The van der Waals surface area contributed by atoms with Gasteiger partial charge in [0.25, 0.3) is 22.9 Å². The number of carboxylic acid groups (broad SMARTS) is 2. The fraction of sp³-hybridized carbons (Fsp3) is 0.143. The number of aromatic nitrogens is 4. The van der Waals surface area contributed by atoms with Crippen LogP contribution < -0.4 is 21.8 Å². The second kappa shape index (κ2) is 19.9. The molecule has 2 amide bonds. The van der Waals surface area contributed by atoms with Crippen LogP contribution in [0.5, 0.6) is 0 Å². The molecular weight excluding hydrogens is 773 g/mol. The predicted molar refractivity (Wildman–Crippen MR) is 213 cm³/mol. The van der Waals surface area contributed by atoms with Gasteiger partial charge in [0.15, 0.2) is 0 Å². The molecule has 0 saturated carbocycles. The number of hydrogen-bond acceptors (Lipinski definition) is 8. The predicted octanol–water partition coefficient (Wildman–Crippen LogP) is 7.10. The average Bonchev–Trinajstić information content (AvgIpc) is 3.23. The lowest BCUT2D eigenvalue weighted by Gasteiger charge is -2.15. The van der Waals surface area contributed by atoms with E-state index in [2.05, 4.69) is 20.6 Å². The standard InChI is InChI=1S/C20H14F3N3O4.C20H17N3O4.C2H6/c21-20(22,23)15-8-17(27)26(11-18(28)29)10-16(15)25-19(30)13-4-1-3-12(7-13)14-5-2-6-24-9-14;1-13(20(26)27)23-12-17(7-8-18(23)24)22-19(25)15-5-2-4-14(10-15)16-6-3-9-21-11-16;1-2/h1-10H,11H2,(H,25,30)(H,28,29);2-13H,1H3,(H,22,25)(H,26,27);1-2H3. The summed E-state index contributed by atoms with van der Waals surface area (Å²) in [6.07, 6.45) is 3.59. The highest BCUT2D eigenvalue weighted by Gasteiger charge is 2.35. The van der Waals surface area contributed by atoms with Crippen LogP contribution in [0.2, 0.25) is 0 Å². The number of amides is 2. The minimum Gasteiger partial charge on any atom is -0.480 e. The summed E-state index contributed by atoms with van der Waals surface area (Å²) in [5.74, 6) is -3.77. The van der Waals surface area contributed by atoms with Crippen molar-refractivity contribution in [2.45, 2.75) is 39.5 Å². The molecule has 0 aliphatic carbocycles. The van der Waals surface area contributed by atoms with Crippen LogP contribution in [0.4, 0.5) is 24.5 Å². The average molecular weight is 811 g/mol. The first-order chi connectivity index (χ1) is 28.1. The van der Waals surface area contributed by atoms with E-state index in [0.29, 0.717) is 33.1 Å². The molecule has 1 unspecified atom stereocenters. The van der Waals surface area contributed by atoms with Crippen LogP contribution in [0, 0.1) is 0 Å². The number of carboxylic acids is 2. The number of alkyl halides is 3. The largest absolute Gasteiger partial charge is 0.480 e. The normalized spacial score (nSPS) is 11.1. The number of benzene rings is 2. The van der Waals surface area contributed by atoms with Gasteiger partial charge in [0.1, 0.15) is 12.6 Å². The van der Waals surface area contributed by atoms with Crippen LogP contribution in [-0.2, 0) is 22.3 Å². The Labute approximate surface area is 334 Å². The van der Waals surface area contributed by atoms with Crippen molar-refractivity contribution in [1.82, 2.24) is 19.1 Å². The van der Waals surface area contributed by atoms with Gasteiger partial charge in [-0.2, -0.15) is 13.2 Å². The SMILES string of the molecule is CC.CC(C(=O)O)n1cc(NC(=O)c2cccc(-c3cccnc3)c2)ccc1=O.O=C(O)Cn1cc(NC(=O)c2cccc(-c3cccnc3)c2)c(C(F)(F)F)cc1=O. The summed E-state index contributed by atoms with van der Waals surface area (Å²) in [6.45, 7) is 4.54. The van der Waals surface area contributed by atoms with Crippen molar-refractivity contribution in [3.8, 4) is 22.3 Å². The van der Waals surface area contributed by atoms with Crippen molar-refractivity contribution >= 4 is 35.1 Å². The summed E-state index contributed by atoms with van der Waals surface area (Å²) >= 11 is 0. The van der Waals surface area contributed by atoms with Gasteiger partial charge in [-0.3, -0.25) is 38.5 Å². The van der Waals surface area contributed by atoms with Gasteiger partial charge >= 0.3 is 18.1 Å². The first kappa shape index (κ1) is 44.0. The van der Waals surface area contributed by atoms with Crippen molar-refractivity contribution in [2.24, 2.45) is 0 Å². The van der Waals surface area contributed by atoms with Gasteiger partial charge in [0.05, 0.1) is 16.9 Å². The van der Waals surface area contributed by atoms with Gasteiger partial charge in [-0.05, 0) is 60.5 Å². The molecule has 17 heteroatoms. The Hall–Kier alpha value is -7.69. The first-order valence-electron chi connectivity index (χ1n) is 17.7. The van der Waals surface area contributed by atoms with Crippen LogP contribution in [0.3, 0.4) is 0 Å². The smallest absolute Gasteiger partial charge is 0.418 e. The second-order valence-corrected chi connectivity index (χ2v) is 12.2. The first-order valence-corrected chi connectivity index (χ1v) is 17.7. The molecule has 304 valence electrons. The summed E-state index contributed by atoms with van der Waals surface area (Å²) < 4.78 is 41.6. The lowest BCUT2D eigenvalue weighted by atomic mass is 10.0. The maximum Gasteiger partial charge on any atom is 0.418 e. The number of anilines is 2. The fourth-order valence-electron chi connectivity index (χ4n) is 5.32. The van der Waals surface area contributed by atoms with E-state index in [1.54, 1.807) is 67.3 Å². The van der Waals surface area contributed by atoms with Gasteiger partial charge in [-0.15, -0.1) is 0 Å². The summed E-state index contributed by atoms with van der Waals surface area (Å²) in [6, 6.07) is 22.3. The van der Waals surface area contributed by atoms with Gasteiger partial charge in [0, 0.05) is 71.6 Å². The summed E-state index contributed by atoms with van der Waals surface area (Å²) in [7, 11) is 0. The topological polar surface area (TPSA) is 203 Å². The maximum absolute atomic E-state index is 13.3. The quantitative estimate of drug-likeness (QED) is 0.111. The van der Waals surface area contributed by atoms with Crippen molar-refractivity contribution in [2.75, 3.05) is 10.6 Å². The lowest BCUT2D eigenvalue weighted by Crippen LogP contribution is -2.27. The number of halogens is 3. The fourth-order valence-corrected chi connectivity index (χ4v) is 5.32. The van der Waals surface area contributed by atoms with E-state index in [0.717, 1.165) is 15.7 Å². The van der Waals surface area contributed by atoms with Crippen molar-refractivity contribution in [3.05, 3.63) is 166 Å². The molecule has 1 atom stereocenters. The number of pyridine rings is 4. The zero-order valence-electron chi connectivity index (χ0n) is 31.7. The van der Waals surface area contributed by atoms with Crippen LogP contribution in [-0.4, -0.2) is 53.1 Å². The van der Waals surface area contributed by atoms with Gasteiger partial charge in [-0.25, -0.2) is 4.79 Å². The number of carbonyl (C=O) groups excluding carboxylic acids is 2. The van der Waals surface area contributed by atoms with E-state index in [1.807, 2.05) is 32.0 Å². The Kier molecular flexibility index (Phi) is 14.9. The zero-order chi connectivity index (χ0) is 43.3. The van der Waals surface area contributed by atoms with Gasteiger partial charge in [-0.1, -0.05) is 50.2 Å². The highest BCUT2D eigenvalue weighted by Crippen LogP contribution is 2.34. The highest BCUT2D eigenvalue weighted by molar-refractivity contribution is 6.06. The van der Waals surface area contributed by atoms with Crippen molar-refractivity contribution in [3.63, 3.8) is 0 Å². The van der Waals surface area contributed by atoms with Crippen molar-refractivity contribution < 1.29 is 42.6 Å². The van der Waals surface area contributed by atoms with E-state index >= 15 is 0 Å². The molecule has 6 aromatic rings. The number of aliphatic carboxylic acids is 2. The van der Waals surface area contributed by atoms with E-state index in [1.165, 1.54) is 37.4 Å². The number of nitrogens with one attached hydrogen (secondary N) is 2. The molecule has 4 N–H and O–H groups in total. The molecule has 0 fully saturated rings. The highest BCUT2D eigenvalue weighted by atomic mass is 19.4. The Bertz CT molecular complexity index is 2560. The third-order valence-corrected chi connectivity index (χ3v) is 8.20.